The molecule has 0 radical (unpaired) electrons. The summed E-state index contributed by atoms with van der Waals surface area (Å²) in [6, 6.07) is 5.51. The van der Waals surface area contributed by atoms with Gasteiger partial charge in [0.15, 0.2) is 0 Å². The first-order valence-electron chi connectivity index (χ1n) is 7.33. The smallest absolute Gasteiger partial charge is 0.271 e. The Morgan fingerprint density at radius 3 is 2.57 bits per heavy atom. The van der Waals surface area contributed by atoms with Crippen molar-refractivity contribution in [1.82, 2.24) is 15.1 Å². The highest BCUT2D eigenvalue weighted by atomic mass is 35.5. The number of nitrogens with one attached hydrogen (secondary N) is 1. The Balaban J connectivity index is 1.77. The normalized spacial score (nSPS) is 20.2. The number of hydrogen-bond acceptors (Lipinski definition) is 2. The largest absolute Gasteiger partial charge is 0.347 e. The molecule has 1 heterocycles. The van der Waals surface area contributed by atoms with Gasteiger partial charge < -0.3 is 5.32 Å². The van der Waals surface area contributed by atoms with Crippen molar-refractivity contribution in [2.45, 2.75) is 31.7 Å². The molecule has 3 rings (SSSR count). The van der Waals surface area contributed by atoms with Crippen LogP contribution in [-0.2, 0) is 7.05 Å². The van der Waals surface area contributed by atoms with Crippen molar-refractivity contribution >= 4 is 40.7 Å². The Hall–Kier alpha value is -1.23. The zero-order chi connectivity index (χ0) is 16.7. The minimum absolute atomic E-state index is 0.0347. The van der Waals surface area contributed by atoms with E-state index >= 15 is 0 Å². The fraction of sp³-hybridized carbons (Fsp3) is 0.375. The number of halogens is 3. The molecule has 2 atom stereocenters. The van der Waals surface area contributed by atoms with Crippen molar-refractivity contribution < 1.29 is 4.79 Å². The quantitative estimate of drug-likeness (QED) is 0.870. The molecule has 122 valence electrons. The molecule has 1 N–H and O–H groups in total. The van der Waals surface area contributed by atoms with Gasteiger partial charge in [-0.3, -0.25) is 9.48 Å². The summed E-state index contributed by atoms with van der Waals surface area (Å²) in [4.78, 5) is 12.5. The standard InChI is InChI=1S/C16H16Cl3N3O/c1-8-14(19)15(22(2)21-8)16(23)20-13-6-5-11(13)10-4-3-9(17)7-12(10)18/h3-4,7,11,13H,5-6H2,1-2H3,(H,20,23)/t11-,13-/m0/s1. The van der Waals surface area contributed by atoms with Gasteiger partial charge in [-0.25, -0.2) is 0 Å². The van der Waals surface area contributed by atoms with E-state index in [-0.39, 0.29) is 17.9 Å². The number of amides is 1. The monoisotopic (exact) mass is 371 g/mol. The Kier molecular flexibility index (Phi) is 4.59. The maximum atomic E-state index is 12.5. The minimum Gasteiger partial charge on any atom is -0.347 e. The van der Waals surface area contributed by atoms with E-state index in [4.69, 9.17) is 34.8 Å². The molecule has 2 aromatic rings. The van der Waals surface area contributed by atoms with Gasteiger partial charge >= 0.3 is 0 Å². The Labute approximate surface area is 149 Å². The second kappa shape index (κ2) is 6.34. The highest BCUT2D eigenvalue weighted by molar-refractivity contribution is 6.35. The van der Waals surface area contributed by atoms with E-state index < -0.39 is 0 Å². The molecular weight excluding hydrogens is 357 g/mol. The van der Waals surface area contributed by atoms with Crippen molar-refractivity contribution in [1.29, 1.82) is 0 Å². The van der Waals surface area contributed by atoms with Crippen LogP contribution >= 0.6 is 34.8 Å². The summed E-state index contributed by atoms with van der Waals surface area (Å²) >= 11 is 18.4. The van der Waals surface area contributed by atoms with Gasteiger partial charge in [0.2, 0.25) is 0 Å². The molecule has 1 aromatic carbocycles. The molecule has 1 fully saturated rings. The number of benzene rings is 1. The van der Waals surface area contributed by atoms with Crippen LogP contribution in [0.25, 0.3) is 0 Å². The van der Waals surface area contributed by atoms with Crippen LogP contribution in [0.3, 0.4) is 0 Å². The molecular formula is C16H16Cl3N3O. The third-order valence-corrected chi connectivity index (χ3v) is 5.33. The summed E-state index contributed by atoms with van der Waals surface area (Å²) in [5.41, 5.74) is 2.04. The maximum Gasteiger partial charge on any atom is 0.271 e. The molecule has 0 bridgehead atoms. The van der Waals surface area contributed by atoms with E-state index in [0.29, 0.717) is 26.5 Å². The van der Waals surface area contributed by atoms with Crippen molar-refractivity contribution in [3.63, 3.8) is 0 Å². The van der Waals surface area contributed by atoms with Crippen LogP contribution in [0.2, 0.25) is 15.1 Å². The Morgan fingerprint density at radius 1 is 1.30 bits per heavy atom. The summed E-state index contributed by atoms with van der Waals surface area (Å²) in [6.07, 6.45) is 1.88. The number of carbonyl (C=O) groups excluding carboxylic acids is 1. The molecule has 1 aliphatic carbocycles. The average molecular weight is 373 g/mol. The van der Waals surface area contributed by atoms with Gasteiger partial charge in [0.05, 0.1) is 10.7 Å². The summed E-state index contributed by atoms with van der Waals surface area (Å²) in [6.45, 7) is 1.78. The fourth-order valence-corrected chi connectivity index (χ4v) is 3.76. The molecule has 1 saturated carbocycles. The van der Waals surface area contributed by atoms with Crippen LogP contribution in [0.5, 0.6) is 0 Å². The number of hydrogen-bond donors (Lipinski definition) is 1. The molecule has 4 nitrogen and oxygen atoms in total. The first kappa shape index (κ1) is 16.6. The van der Waals surface area contributed by atoms with Crippen molar-refractivity contribution in [2.24, 2.45) is 7.05 Å². The lowest BCUT2D eigenvalue weighted by molar-refractivity contribution is 0.0895. The van der Waals surface area contributed by atoms with E-state index in [0.717, 1.165) is 18.4 Å². The lowest BCUT2D eigenvalue weighted by Gasteiger charge is -2.38. The van der Waals surface area contributed by atoms with Gasteiger partial charge in [-0.05, 0) is 37.5 Å². The summed E-state index contributed by atoms with van der Waals surface area (Å²) in [7, 11) is 1.71. The van der Waals surface area contributed by atoms with Crippen LogP contribution in [-0.4, -0.2) is 21.7 Å². The Bertz CT molecular complexity index is 772. The topological polar surface area (TPSA) is 46.9 Å². The highest BCUT2D eigenvalue weighted by Crippen LogP contribution is 2.41. The zero-order valence-corrected chi connectivity index (χ0v) is 15.0. The van der Waals surface area contributed by atoms with Gasteiger partial charge in [-0.15, -0.1) is 0 Å². The van der Waals surface area contributed by atoms with Gasteiger partial charge in [0, 0.05) is 29.1 Å². The van der Waals surface area contributed by atoms with Crippen LogP contribution in [0.1, 0.15) is 40.5 Å². The van der Waals surface area contributed by atoms with E-state index in [1.54, 1.807) is 20.0 Å². The third-order valence-electron chi connectivity index (χ3n) is 4.32. The number of nitrogens with zero attached hydrogens (tertiary/aromatic N) is 2. The van der Waals surface area contributed by atoms with E-state index in [1.165, 1.54) is 4.68 Å². The Morgan fingerprint density at radius 2 is 2.04 bits per heavy atom. The number of aryl methyl sites for hydroxylation is 2. The predicted octanol–water partition coefficient (Wildman–Crippen LogP) is 4.36. The summed E-state index contributed by atoms with van der Waals surface area (Å²) in [5.74, 6) is -0.0188. The first-order chi connectivity index (χ1) is 10.9. The number of carbonyl (C=O) groups is 1. The van der Waals surface area contributed by atoms with E-state index in [9.17, 15) is 4.79 Å². The fourth-order valence-electron chi connectivity index (χ4n) is 2.96. The van der Waals surface area contributed by atoms with Gasteiger partial charge in [0.25, 0.3) is 5.91 Å². The molecule has 1 amide bonds. The second-order valence-electron chi connectivity index (χ2n) is 5.80. The highest BCUT2D eigenvalue weighted by Gasteiger charge is 2.35. The zero-order valence-electron chi connectivity index (χ0n) is 12.7. The second-order valence-corrected chi connectivity index (χ2v) is 7.02. The van der Waals surface area contributed by atoms with E-state index in [1.807, 2.05) is 12.1 Å². The van der Waals surface area contributed by atoms with Crippen LogP contribution in [0.4, 0.5) is 0 Å². The van der Waals surface area contributed by atoms with Crippen LogP contribution < -0.4 is 5.32 Å². The van der Waals surface area contributed by atoms with Gasteiger partial charge in [-0.2, -0.15) is 5.10 Å². The molecule has 1 aromatic heterocycles. The van der Waals surface area contributed by atoms with E-state index in [2.05, 4.69) is 10.4 Å². The van der Waals surface area contributed by atoms with Crippen LogP contribution in [0.15, 0.2) is 18.2 Å². The number of rotatable bonds is 3. The lowest BCUT2D eigenvalue weighted by atomic mass is 9.75. The predicted molar refractivity (Wildman–Crippen MR) is 92.6 cm³/mol. The molecule has 23 heavy (non-hydrogen) atoms. The maximum absolute atomic E-state index is 12.5. The molecule has 0 aliphatic heterocycles. The van der Waals surface area contributed by atoms with Crippen LogP contribution in [0, 0.1) is 6.92 Å². The van der Waals surface area contributed by atoms with Crippen molar-refractivity contribution in [2.75, 3.05) is 0 Å². The molecule has 0 saturated heterocycles. The SMILES string of the molecule is Cc1nn(C)c(C(=O)N[C@H]2CC[C@H]2c2ccc(Cl)cc2Cl)c1Cl. The molecule has 1 aliphatic rings. The number of aromatic nitrogens is 2. The van der Waals surface area contributed by atoms with Crippen molar-refractivity contribution in [3.05, 3.63) is 50.2 Å². The molecule has 7 heteroatoms. The van der Waals surface area contributed by atoms with Gasteiger partial charge in [0.1, 0.15) is 5.69 Å². The molecule has 0 unspecified atom stereocenters. The van der Waals surface area contributed by atoms with Crippen molar-refractivity contribution in [3.8, 4) is 0 Å². The average Bonchev–Trinajstić information content (AvgIpc) is 2.71. The minimum atomic E-state index is -0.210. The summed E-state index contributed by atoms with van der Waals surface area (Å²) < 4.78 is 1.51. The van der Waals surface area contributed by atoms with Gasteiger partial charge in [-0.1, -0.05) is 40.9 Å². The third kappa shape index (κ3) is 3.08. The molecule has 0 spiro atoms. The lowest BCUT2D eigenvalue weighted by Crippen LogP contribution is -2.46. The summed E-state index contributed by atoms with van der Waals surface area (Å²) in [5, 5.41) is 8.85. The first-order valence-corrected chi connectivity index (χ1v) is 8.46.